The first-order valence-electron chi connectivity index (χ1n) is 9.06. The number of ketones is 1. The third kappa shape index (κ3) is 4.30. The number of hydrogen-bond donors (Lipinski definition) is 3. The summed E-state index contributed by atoms with van der Waals surface area (Å²) in [4.78, 5) is 36.2. The average molecular weight is 494 g/mol. The second-order valence-electron chi connectivity index (χ2n) is 7.08. The molecule has 1 aliphatic rings. The molecule has 0 fully saturated rings. The highest BCUT2D eigenvalue weighted by molar-refractivity contribution is 6.43. The van der Waals surface area contributed by atoms with Crippen LogP contribution in [0.1, 0.15) is 34.0 Å². The van der Waals surface area contributed by atoms with Gasteiger partial charge in [0, 0.05) is 11.6 Å². The van der Waals surface area contributed by atoms with E-state index >= 15 is 0 Å². The predicted octanol–water partition coefficient (Wildman–Crippen LogP) is 5.70. The molecule has 32 heavy (non-hydrogen) atoms. The van der Waals surface area contributed by atoms with Crippen molar-refractivity contribution >= 4 is 58.1 Å². The number of aliphatic carboxylic acids is 1. The molecule has 2 aromatic carbocycles. The van der Waals surface area contributed by atoms with Gasteiger partial charge in [0.2, 0.25) is 0 Å². The fourth-order valence-corrected chi connectivity index (χ4v) is 3.94. The van der Waals surface area contributed by atoms with E-state index in [2.05, 4.69) is 0 Å². The van der Waals surface area contributed by atoms with Gasteiger partial charge in [-0.2, -0.15) is 0 Å². The number of carbonyl (C=O) groups excluding carboxylic acids is 1. The Bertz CT molecular complexity index is 1300. The minimum absolute atomic E-state index is 0.0579. The van der Waals surface area contributed by atoms with Crippen molar-refractivity contribution in [2.45, 2.75) is 13.8 Å². The molecule has 0 unspecified atom stereocenters. The summed E-state index contributed by atoms with van der Waals surface area (Å²) in [5.74, 6) is -3.50. The number of aromatic hydroxyl groups is 1. The molecule has 3 N–H and O–H groups in total. The topological polar surface area (TPSA) is 112 Å². The van der Waals surface area contributed by atoms with Gasteiger partial charge in [-0.3, -0.25) is 4.79 Å². The van der Waals surface area contributed by atoms with Crippen LogP contribution >= 0.6 is 34.8 Å². The highest BCUT2D eigenvalue weighted by Gasteiger charge is 2.28. The van der Waals surface area contributed by atoms with Crippen molar-refractivity contribution < 1.29 is 29.7 Å². The fourth-order valence-electron chi connectivity index (χ4n) is 3.30. The lowest BCUT2D eigenvalue weighted by Crippen LogP contribution is -2.15. The zero-order valence-corrected chi connectivity index (χ0v) is 18.9. The van der Waals surface area contributed by atoms with Crippen molar-refractivity contribution in [3.63, 3.8) is 0 Å². The normalized spacial score (nSPS) is 15.2. The second-order valence-corrected chi connectivity index (χ2v) is 8.30. The van der Waals surface area contributed by atoms with E-state index in [1.165, 1.54) is 31.2 Å². The molecule has 0 saturated heterocycles. The SMILES string of the molecule is CC1=C/C(=C(/c2cc(Cl)c(Cl)cc2Cl)c2cc(C)c(O)cc2C(=O)O)C(C(=O)O)=CC1=O. The number of hydrogen-bond acceptors (Lipinski definition) is 4. The molecule has 3 rings (SSSR count). The van der Waals surface area contributed by atoms with Gasteiger partial charge in [-0.15, -0.1) is 0 Å². The molecular weight excluding hydrogens is 479 g/mol. The molecule has 0 atom stereocenters. The van der Waals surface area contributed by atoms with E-state index < -0.39 is 17.7 Å². The number of aryl methyl sites for hydroxylation is 1. The zero-order valence-electron chi connectivity index (χ0n) is 16.7. The van der Waals surface area contributed by atoms with Crippen LogP contribution < -0.4 is 0 Å². The van der Waals surface area contributed by atoms with E-state index in [9.17, 15) is 29.7 Å². The van der Waals surface area contributed by atoms with Gasteiger partial charge >= 0.3 is 11.9 Å². The van der Waals surface area contributed by atoms with Crippen LogP contribution in [0.4, 0.5) is 0 Å². The summed E-state index contributed by atoms with van der Waals surface area (Å²) in [6.45, 7) is 3.06. The van der Waals surface area contributed by atoms with Crippen LogP contribution in [0.2, 0.25) is 15.1 Å². The first kappa shape index (κ1) is 23.6. The summed E-state index contributed by atoms with van der Waals surface area (Å²) in [5.41, 5.74) is 0.379. The fraction of sp³-hybridized carbons (Fsp3) is 0.0870. The van der Waals surface area contributed by atoms with Gasteiger partial charge in [-0.25, -0.2) is 9.59 Å². The number of carbonyl (C=O) groups is 3. The molecule has 0 aliphatic heterocycles. The van der Waals surface area contributed by atoms with Crippen molar-refractivity contribution in [2.75, 3.05) is 0 Å². The van der Waals surface area contributed by atoms with Gasteiger partial charge in [-0.1, -0.05) is 34.8 Å². The number of rotatable bonds is 4. The Morgan fingerprint density at radius 1 is 0.781 bits per heavy atom. The van der Waals surface area contributed by atoms with Crippen molar-refractivity contribution in [1.29, 1.82) is 0 Å². The van der Waals surface area contributed by atoms with E-state index in [4.69, 9.17) is 34.8 Å². The molecule has 2 aromatic rings. The van der Waals surface area contributed by atoms with Crippen LogP contribution in [0.25, 0.3) is 5.57 Å². The van der Waals surface area contributed by atoms with E-state index in [0.717, 1.165) is 12.1 Å². The van der Waals surface area contributed by atoms with Gasteiger partial charge in [-0.05, 0) is 72.0 Å². The van der Waals surface area contributed by atoms with Gasteiger partial charge < -0.3 is 15.3 Å². The second kappa shape index (κ2) is 8.82. The van der Waals surface area contributed by atoms with E-state index in [1.54, 1.807) is 6.92 Å². The van der Waals surface area contributed by atoms with Crippen LogP contribution in [0.15, 0.2) is 53.1 Å². The number of aromatic carboxylic acids is 1. The number of allylic oxidation sites excluding steroid dienone is 3. The predicted molar refractivity (Wildman–Crippen MR) is 122 cm³/mol. The quantitative estimate of drug-likeness (QED) is 0.471. The van der Waals surface area contributed by atoms with Crippen LogP contribution in [0.5, 0.6) is 5.75 Å². The Kier molecular flexibility index (Phi) is 6.51. The Labute approximate surface area is 197 Å². The third-order valence-corrected chi connectivity index (χ3v) is 5.96. The molecule has 1 aliphatic carbocycles. The maximum Gasteiger partial charge on any atom is 0.336 e. The molecule has 0 saturated carbocycles. The number of benzene rings is 2. The number of halogens is 3. The minimum Gasteiger partial charge on any atom is -0.508 e. The Balaban J connectivity index is 2.58. The standard InChI is InChI=1S/C23H15Cl3O6/c1-9-3-11(13(22(29)30)6-19(9)27)21(15-5-17(25)18(26)8-16(15)24)12-4-10(2)20(28)7-14(12)23(31)32/h3-8,27H,1-2H3,(H,29,30)(H,31,32)/b21-12-. The van der Waals surface area contributed by atoms with E-state index in [1.807, 2.05) is 0 Å². The summed E-state index contributed by atoms with van der Waals surface area (Å²) in [6, 6.07) is 5.21. The first-order chi connectivity index (χ1) is 14.9. The number of phenolic OH excluding ortho intramolecular Hbond substituents is 1. The molecule has 0 heterocycles. The van der Waals surface area contributed by atoms with Gasteiger partial charge in [0.25, 0.3) is 0 Å². The molecular formula is C23H15Cl3O6. The highest BCUT2D eigenvalue weighted by atomic mass is 35.5. The van der Waals surface area contributed by atoms with Gasteiger partial charge in [0.05, 0.1) is 26.2 Å². The zero-order chi connectivity index (χ0) is 23.9. The van der Waals surface area contributed by atoms with Crippen molar-refractivity contribution in [3.8, 4) is 5.75 Å². The smallest absolute Gasteiger partial charge is 0.336 e. The van der Waals surface area contributed by atoms with E-state index in [-0.39, 0.29) is 59.8 Å². The molecule has 0 aromatic heterocycles. The van der Waals surface area contributed by atoms with Crippen LogP contribution in [0.3, 0.4) is 0 Å². The van der Waals surface area contributed by atoms with Crippen LogP contribution in [0, 0.1) is 6.92 Å². The summed E-state index contributed by atoms with van der Waals surface area (Å²) in [5, 5.41) is 30.0. The maximum absolute atomic E-state index is 12.2. The Morgan fingerprint density at radius 3 is 2.00 bits per heavy atom. The summed E-state index contributed by atoms with van der Waals surface area (Å²) < 4.78 is 0. The molecule has 164 valence electrons. The Morgan fingerprint density at radius 2 is 1.41 bits per heavy atom. The van der Waals surface area contributed by atoms with Crippen molar-refractivity contribution in [1.82, 2.24) is 0 Å². The third-order valence-electron chi connectivity index (χ3n) is 4.93. The summed E-state index contributed by atoms with van der Waals surface area (Å²) >= 11 is 18.7. The lowest BCUT2D eigenvalue weighted by molar-refractivity contribution is -0.132. The molecule has 0 bridgehead atoms. The molecule has 0 amide bonds. The van der Waals surface area contributed by atoms with Crippen molar-refractivity contribution in [3.05, 3.63) is 90.5 Å². The number of carboxylic acid groups (broad SMARTS) is 2. The van der Waals surface area contributed by atoms with Gasteiger partial charge in [0.15, 0.2) is 5.78 Å². The average Bonchev–Trinajstić information content (AvgIpc) is 2.70. The Hall–Kier alpha value is -3.06. The minimum atomic E-state index is -1.39. The monoisotopic (exact) mass is 492 g/mol. The molecule has 9 heteroatoms. The molecule has 0 radical (unpaired) electrons. The molecule has 0 spiro atoms. The lowest BCUT2D eigenvalue weighted by Gasteiger charge is -2.21. The van der Waals surface area contributed by atoms with Crippen LogP contribution in [-0.4, -0.2) is 33.0 Å². The molecule has 6 nitrogen and oxygen atoms in total. The number of carboxylic acids is 2. The van der Waals surface area contributed by atoms with Crippen molar-refractivity contribution in [2.24, 2.45) is 0 Å². The summed E-state index contributed by atoms with van der Waals surface area (Å²) in [7, 11) is 0. The number of phenols is 1. The first-order valence-corrected chi connectivity index (χ1v) is 10.2. The largest absolute Gasteiger partial charge is 0.508 e. The van der Waals surface area contributed by atoms with Gasteiger partial charge in [0.1, 0.15) is 5.75 Å². The maximum atomic E-state index is 12.2. The van der Waals surface area contributed by atoms with E-state index in [0.29, 0.717) is 5.56 Å². The highest BCUT2D eigenvalue weighted by Crippen LogP contribution is 2.42. The lowest BCUT2D eigenvalue weighted by atomic mass is 9.83. The van der Waals surface area contributed by atoms with Crippen LogP contribution in [-0.2, 0) is 9.59 Å². The summed E-state index contributed by atoms with van der Waals surface area (Å²) in [6.07, 6.45) is 2.32.